The zero-order valence-corrected chi connectivity index (χ0v) is 14.9. The number of anilines is 1. The van der Waals surface area contributed by atoms with Crippen molar-refractivity contribution < 1.29 is 23.4 Å². The third-order valence-corrected chi connectivity index (χ3v) is 4.01. The molecule has 8 heteroatoms. The standard InChI is InChI=1S/C19H17FN2O5/c1-25-15-7-11(8-16(26-2)18(15)27-3)22-19(24)13-9-21-14-5-4-10(20)6-12(14)17(13)23/h4-9H,1-3H3,(H,21,23)(H,22,24). The van der Waals surface area contributed by atoms with Crippen molar-refractivity contribution in [2.75, 3.05) is 26.6 Å². The van der Waals surface area contributed by atoms with E-state index in [-0.39, 0.29) is 10.9 Å². The molecule has 1 amide bonds. The summed E-state index contributed by atoms with van der Waals surface area (Å²) in [5, 5.41) is 2.70. The molecule has 1 heterocycles. The number of pyridine rings is 1. The van der Waals surface area contributed by atoms with Gasteiger partial charge in [-0.1, -0.05) is 0 Å². The number of halogens is 1. The molecule has 0 saturated carbocycles. The zero-order chi connectivity index (χ0) is 19.6. The molecular formula is C19H17FN2O5. The number of aromatic nitrogens is 1. The maximum atomic E-state index is 13.4. The highest BCUT2D eigenvalue weighted by atomic mass is 19.1. The average Bonchev–Trinajstić information content (AvgIpc) is 2.67. The molecule has 2 N–H and O–H groups in total. The van der Waals surface area contributed by atoms with Gasteiger partial charge in [0.1, 0.15) is 11.4 Å². The zero-order valence-electron chi connectivity index (χ0n) is 14.9. The first-order valence-electron chi connectivity index (χ1n) is 7.90. The molecule has 0 bridgehead atoms. The van der Waals surface area contributed by atoms with Gasteiger partial charge in [0.2, 0.25) is 11.2 Å². The fourth-order valence-corrected chi connectivity index (χ4v) is 2.71. The van der Waals surface area contributed by atoms with Crippen LogP contribution in [-0.2, 0) is 0 Å². The van der Waals surface area contributed by atoms with Crippen molar-refractivity contribution >= 4 is 22.5 Å². The quantitative estimate of drug-likeness (QED) is 0.719. The van der Waals surface area contributed by atoms with Crippen LogP contribution in [0, 0.1) is 5.82 Å². The molecule has 0 fully saturated rings. The van der Waals surface area contributed by atoms with E-state index in [0.717, 1.165) is 6.07 Å². The lowest BCUT2D eigenvalue weighted by Crippen LogP contribution is -2.22. The Balaban J connectivity index is 2.00. The predicted molar refractivity (Wildman–Crippen MR) is 98.6 cm³/mol. The Bertz CT molecular complexity index is 1050. The summed E-state index contributed by atoms with van der Waals surface area (Å²) in [6.07, 6.45) is 1.29. The Kier molecular flexibility index (Phi) is 4.98. The largest absolute Gasteiger partial charge is 0.493 e. The van der Waals surface area contributed by atoms with E-state index < -0.39 is 17.2 Å². The molecule has 0 spiro atoms. The minimum absolute atomic E-state index is 0.0903. The number of carbonyl (C=O) groups excluding carboxylic acids is 1. The van der Waals surface area contributed by atoms with Crippen molar-refractivity contribution in [2.24, 2.45) is 0 Å². The van der Waals surface area contributed by atoms with Crippen LogP contribution in [0.4, 0.5) is 10.1 Å². The molecular weight excluding hydrogens is 355 g/mol. The van der Waals surface area contributed by atoms with E-state index >= 15 is 0 Å². The smallest absolute Gasteiger partial charge is 0.261 e. The number of ether oxygens (including phenoxy) is 3. The summed E-state index contributed by atoms with van der Waals surface area (Å²) in [6, 6.07) is 6.83. The molecule has 3 rings (SSSR count). The molecule has 0 aliphatic rings. The van der Waals surface area contributed by atoms with Crippen molar-refractivity contribution in [3.63, 3.8) is 0 Å². The van der Waals surface area contributed by atoms with Gasteiger partial charge in [-0.05, 0) is 18.2 Å². The molecule has 7 nitrogen and oxygen atoms in total. The van der Waals surface area contributed by atoms with Crippen LogP contribution < -0.4 is 25.0 Å². The van der Waals surface area contributed by atoms with Gasteiger partial charge in [-0.3, -0.25) is 9.59 Å². The lowest BCUT2D eigenvalue weighted by molar-refractivity contribution is 0.102. The van der Waals surface area contributed by atoms with Gasteiger partial charge in [-0.25, -0.2) is 4.39 Å². The maximum absolute atomic E-state index is 13.4. The average molecular weight is 372 g/mol. The lowest BCUT2D eigenvalue weighted by Gasteiger charge is -2.14. The van der Waals surface area contributed by atoms with E-state index in [0.29, 0.717) is 28.5 Å². The summed E-state index contributed by atoms with van der Waals surface area (Å²) in [5.41, 5.74) is 0.0500. The topological polar surface area (TPSA) is 89.7 Å². The first-order chi connectivity index (χ1) is 13.0. The first kappa shape index (κ1) is 18.2. The molecule has 27 heavy (non-hydrogen) atoms. The minimum atomic E-state index is -0.656. The van der Waals surface area contributed by atoms with Gasteiger partial charge < -0.3 is 24.5 Å². The summed E-state index contributed by atoms with van der Waals surface area (Å²) < 4.78 is 29.1. The normalized spacial score (nSPS) is 10.5. The van der Waals surface area contributed by atoms with Crippen LogP contribution in [0.25, 0.3) is 10.9 Å². The summed E-state index contributed by atoms with van der Waals surface area (Å²) in [7, 11) is 4.36. The molecule has 0 radical (unpaired) electrons. The Morgan fingerprint density at radius 2 is 1.70 bits per heavy atom. The van der Waals surface area contributed by atoms with Gasteiger partial charge >= 0.3 is 0 Å². The number of amides is 1. The Morgan fingerprint density at radius 1 is 1.04 bits per heavy atom. The summed E-state index contributed by atoms with van der Waals surface area (Å²) >= 11 is 0. The SMILES string of the molecule is COc1cc(NC(=O)c2c[nH]c3ccc(F)cc3c2=O)cc(OC)c1OC. The molecule has 140 valence electrons. The van der Waals surface area contributed by atoms with Crippen molar-refractivity contribution in [3.8, 4) is 17.2 Å². The number of methoxy groups -OCH3 is 3. The van der Waals surface area contributed by atoms with E-state index in [1.807, 2.05) is 0 Å². The number of H-pyrrole nitrogens is 1. The van der Waals surface area contributed by atoms with Gasteiger partial charge in [0.15, 0.2) is 11.5 Å². The van der Waals surface area contributed by atoms with E-state index in [9.17, 15) is 14.0 Å². The number of hydrogen-bond donors (Lipinski definition) is 2. The van der Waals surface area contributed by atoms with Gasteiger partial charge in [0.05, 0.1) is 21.3 Å². The lowest BCUT2D eigenvalue weighted by atomic mass is 10.1. The molecule has 0 saturated heterocycles. The fourth-order valence-electron chi connectivity index (χ4n) is 2.71. The first-order valence-corrected chi connectivity index (χ1v) is 7.90. The third kappa shape index (κ3) is 3.41. The molecule has 0 aliphatic carbocycles. The van der Waals surface area contributed by atoms with Crippen molar-refractivity contribution in [1.29, 1.82) is 0 Å². The predicted octanol–water partition coefficient (Wildman–Crippen LogP) is 2.95. The third-order valence-electron chi connectivity index (χ3n) is 4.01. The molecule has 3 aromatic rings. The Morgan fingerprint density at radius 3 is 2.30 bits per heavy atom. The van der Waals surface area contributed by atoms with E-state index in [4.69, 9.17) is 14.2 Å². The second kappa shape index (κ2) is 7.36. The van der Waals surface area contributed by atoms with Crippen LogP contribution in [0.15, 0.2) is 41.3 Å². The maximum Gasteiger partial charge on any atom is 0.261 e. The fraction of sp³-hybridized carbons (Fsp3) is 0.158. The van der Waals surface area contributed by atoms with Gasteiger partial charge in [-0.2, -0.15) is 0 Å². The summed E-state index contributed by atoms with van der Waals surface area (Å²) in [6.45, 7) is 0. The molecule has 0 unspecified atom stereocenters. The second-order valence-electron chi connectivity index (χ2n) is 5.59. The highest BCUT2D eigenvalue weighted by Crippen LogP contribution is 2.39. The van der Waals surface area contributed by atoms with Crippen LogP contribution in [0.1, 0.15) is 10.4 Å². The minimum Gasteiger partial charge on any atom is -0.493 e. The Hall–Kier alpha value is -3.55. The highest BCUT2D eigenvalue weighted by molar-refractivity contribution is 6.06. The van der Waals surface area contributed by atoms with Crippen LogP contribution in [-0.4, -0.2) is 32.2 Å². The number of nitrogens with one attached hydrogen (secondary N) is 2. The van der Waals surface area contributed by atoms with Crippen LogP contribution in [0.2, 0.25) is 0 Å². The number of hydrogen-bond acceptors (Lipinski definition) is 5. The summed E-state index contributed by atoms with van der Waals surface area (Å²) in [4.78, 5) is 27.9. The van der Waals surface area contributed by atoms with Crippen molar-refractivity contribution in [2.45, 2.75) is 0 Å². The van der Waals surface area contributed by atoms with Crippen LogP contribution >= 0.6 is 0 Å². The van der Waals surface area contributed by atoms with Gasteiger partial charge in [-0.15, -0.1) is 0 Å². The highest BCUT2D eigenvalue weighted by Gasteiger charge is 2.17. The van der Waals surface area contributed by atoms with Crippen LogP contribution in [0.5, 0.6) is 17.2 Å². The molecule has 0 aliphatic heterocycles. The molecule has 1 aromatic heterocycles. The number of rotatable bonds is 5. The van der Waals surface area contributed by atoms with E-state index in [1.165, 1.54) is 51.8 Å². The number of carbonyl (C=O) groups is 1. The monoisotopic (exact) mass is 372 g/mol. The molecule has 0 atom stereocenters. The van der Waals surface area contributed by atoms with Crippen molar-refractivity contribution in [1.82, 2.24) is 4.98 Å². The number of aromatic amines is 1. The summed E-state index contributed by atoms with van der Waals surface area (Å²) in [5.74, 6) is -0.146. The number of benzene rings is 2. The van der Waals surface area contributed by atoms with E-state index in [2.05, 4.69) is 10.3 Å². The van der Waals surface area contributed by atoms with Crippen LogP contribution in [0.3, 0.4) is 0 Å². The second-order valence-corrected chi connectivity index (χ2v) is 5.59. The van der Waals surface area contributed by atoms with Gasteiger partial charge in [0.25, 0.3) is 5.91 Å². The van der Waals surface area contributed by atoms with E-state index in [1.54, 1.807) is 0 Å². The molecule has 2 aromatic carbocycles. The Labute approximate surface area is 153 Å². The van der Waals surface area contributed by atoms with Crippen molar-refractivity contribution in [3.05, 3.63) is 58.1 Å². The van der Waals surface area contributed by atoms with Gasteiger partial charge in [0, 0.05) is 34.9 Å². The number of fused-ring (bicyclic) bond motifs is 1.